The molecule has 0 spiro atoms. The van der Waals surface area contributed by atoms with Gasteiger partial charge in [-0.25, -0.2) is 0 Å². The minimum Gasteiger partial charge on any atom is -0.397 e. The monoisotopic (exact) mass is 265 g/mol. The predicted octanol–water partition coefficient (Wildman–Crippen LogP) is 0.903. The maximum absolute atomic E-state index is 11.7. The van der Waals surface area contributed by atoms with Gasteiger partial charge in [-0.3, -0.25) is 19.3 Å². The van der Waals surface area contributed by atoms with Crippen LogP contribution in [0.1, 0.15) is 0 Å². The van der Waals surface area contributed by atoms with Crippen molar-refractivity contribution < 1.29 is 14.4 Å². The fourth-order valence-corrected chi connectivity index (χ4v) is 2.20. The second-order valence-electron chi connectivity index (χ2n) is 3.67. The van der Waals surface area contributed by atoms with Crippen LogP contribution in [0.25, 0.3) is 0 Å². The number of nitrogens with one attached hydrogen (secondary N) is 1. The standard InChI is InChI=1S/C11H11N3O3S/c12-7-3-1-2-4-8(7)13-9(15)5-14-10(16)6-18-11(14)17/h1-4H,5-6,12H2,(H,13,15). The predicted molar refractivity (Wildman–Crippen MR) is 69.1 cm³/mol. The SMILES string of the molecule is Nc1ccccc1NC(=O)CN1C(=O)CSC1=O. The van der Waals surface area contributed by atoms with E-state index in [0.29, 0.717) is 11.4 Å². The Hall–Kier alpha value is -2.02. The van der Waals surface area contributed by atoms with E-state index in [1.54, 1.807) is 24.3 Å². The summed E-state index contributed by atoms with van der Waals surface area (Å²) in [4.78, 5) is 35.2. The van der Waals surface area contributed by atoms with E-state index in [2.05, 4.69) is 5.32 Å². The molecule has 2 rings (SSSR count). The quantitative estimate of drug-likeness (QED) is 0.792. The van der Waals surface area contributed by atoms with Crippen molar-refractivity contribution >= 4 is 40.2 Å². The summed E-state index contributed by atoms with van der Waals surface area (Å²) >= 11 is 0.898. The van der Waals surface area contributed by atoms with Gasteiger partial charge in [0.05, 0.1) is 17.1 Å². The number of anilines is 2. The van der Waals surface area contributed by atoms with Gasteiger partial charge in [0.15, 0.2) is 0 Å². The topological polar surface area (TPSA) is 92.5 Å². The first kappa shape index (κ1) is 12.4. The molecule has 1 aromatic rings. The van der Waals surface area contributed by atoms with Crippen molar-refractivity contribution in [3.8, 4) is 0 Å². The first-order valence-corrected chi connectivity index (χ1v) is 6.18. The second-order valence-corrected chi connectivity index (χ2v) is 4.60. The summed E-state index contributed by atoms with van der Waals surface area (Å²) in [5, 5.41) is 2.17. The summed E-state index contributed by atoms with van der Waals surface area (Å²) in [7, 11) is 0. The molecule has 3 N–H and O–H groups in total. The van der Waals surface area contributed by atoms with Crippen LogP contribution in [0, 0.1) is 0 Å². The number of hydrogen-bond acceptors (Lipinski definition) is 5. The van der Waals surface area contributed by atoms with Crippen molar-refractivity contribution in [3.63, 3.8) is 0 Å². The van der Waals surface area contributed by atoms with E-state index in [1.165, 1.54) is 0 Å². The molecule has 0 saturated carbocycles. The highest BCUT2D eigenvalue weighted by Gasteiger charge is 2.31. The fourth-order valence-electron chi connectivity index (χ4n) is 1.48. The number of para-hydroxylation sites is 2. The van der Waals surface area contributed by atoms with Crippen molar-refractivity contribution in [1.82, 2.24) is 4.90 Å². The van der Waals surface area contributed by atoms with Crippen LogP contribution in [0.2, 0.25) is 0 Å². The average molecular weight is 265 g/mol. The third-order valence-corrected chi connectivity index (χ3v) is 3.24. The first-order valence-electron chi connectivity index (χ1n) is 5.19. The van der Waals surface area contributed by atoms with E-state index in [4.69, 9.17) is 5.73 Å². The number of rotatable bonds is 3. The molecule has 6 nitrogen and oxygen atoms in total. The van der Waals surface area contributed by atoms with Crippen LogP contribution in [0.15, 0.2) is 24.3 Å². The molecule has 94 valence electrons. The van der Waals surface area contributed by atoms with Crippen molar-refractivity contribution in [2.45, 2.75) is 0 Å². The minimum atomic E-state index is -0.447. The number of nitrogen functional groups attached to an aromatic ring is 1. The number of thioether (sulfide) groups is 1. The van der Waals surface area contributed by atoms with Crippen LogP contribution >= 0.6 is 11.8 Å². The Morgan fingerprint density at radius 3 is 2.72 bits per heavy atom. The van der Waals surface area contributed by atoms with E-state index < -0.39 is 11.1 Å². The number of imide groups is 1. The van der Waals surface area contributed by atoms with Crippen molar-refractivity contribution in [2.24, 2.45) is 0 Å². The fraction of sp³-hybridized carbons (Fsp3) is 0.182. The van der Waals surface area contributed by atoms with E-state index in [0.717, 1.165) is 16.7 Å². The van der Waals surface area contributed by atoms with Gasteiger partial charge in [-0.15, -0.1) is 0 Å². The van der Waals surface area contributed by atoms with Crippen LogP contribution < -0.4 is 11.1 Å². The van der Waals surface area contributed by atoms with E-state index >= 15 is 0 Å². The molecule has 1 aromatic carbocycles. The maximum Gasteiger partial charge on any atom is 0.289 e. The lowest BCUT2D eigenvalue weighted by Crippen LogP contribution is -2.36. The Morgan fingerprint density at radius 2 is 2.11 bits per heavy atom. The van der Waals surface area contributed by atoms with Gasteiger partial charge < -0.3 is 11.1 Å². The summed E-state index contributed by atoms with van der Waals surface area (Å²) in [6.07, 6.45) is 0. The van der Waals surface area contributed by atoms with Crippen LogP contribution in [-0.4, -0.2) is 34.3 Å². The molecule has 0 unspecified atom stereocenters. The van der Waals surface area contributed by atoms with Crippen LogP contribution in [0.5, 0.6) is 0 Å². The smallest absolute Gasteiger partial charge is 0.289 e. The van der Waals surface area contributed by atoms with Gasteiger partial charge in [-0.2, -0.15) is 0 Å². The molecule has 1 saturated heterocycles. The number of carbonyl (C=O) groups is 3. The lowest BCUT2D eigenvalue weighted by molar-refractivity contribution is -0.128. The van der Waals surface area contributed by atoms with Crippen LogP contribution in [0.3, 0.4) is 0 Å². The van der Waals surface area contributed by atoms with Gasteiger partial charge in [0.2, 0.25) is 11.8 Å². The minimum absolute atomic E-state index is 0.0968. The van der Waals surface area contributed by atoms with Gasteiger partial charge in [0.1, 0.15) is 6.54 Å². The summed E-state index contributed by atoms with van der Waals surface area (Å²) in [6.45, 7) is -0.279. The number of hydrogen-bond donors (Lipinski definition) is 2. The zero-order chi connectivity index (χ0) is 13.1. The highest BCUT2D eigenvalue weighted by molar-refractivity contribution is 8.14. The number of benzene rings is 1. The Bertz CT molecular complexity index is 502. The molecule has 18 heavy (non-hydrogen) atoms. The molecular weight excluding hydrogens is 254 g/mol. The molecule has 1 heterocycles. The molecule has 7 heteroatoms. The van der Waals surface area contributed by atoms with Crippen LogP contribution in [-0.2, 0) is 9.59 Å². The number of carbonyl (C=O) groups excluding carboxylic acids is 3. The molecule has 0 radical (unpaired) electrons. The zero-order valence-electron chi connectivity index (χ0n) is 9.38. The average Bonchev–Trinajstić information content (AvgIpc) is 2.64. The van der Waals surface area contributed by atoms with Gasteiger partial charge in [0, 0.05) is 0 Å². The summed E-state index contributed by atoms with van der Waals surface area (Å²) < 4.78 is 0. The molecule has 0 atom stereocenters. The Morgan fingerprint density at radius 1 is 1.39 bits per heavy atom. The van der Waals surface area contributed by atoms with Crippen molar-refractivity contribution in [1.29, 1.82) is 0 Å². The van der Waals surface area contributed by atoms with Crippen molar-refractivity contribution in [3.05, 3.63) is 24.3 Å². The van der Waals surface area contributed by atoms with Crippen molar-refractivity contribution in [2.75, 3.05) is 23.3 Å². The third kappa shape index (κ3) is 2.62. The summed E-state index contributed by atoms with van der Waals surface area (Å²) in [5.41, 5.74) is 6.56. The highest BCUT2D eigenvalue weighted by Crippen LogP contribution is 2.19. The molecule has 1 fully saturated rings. The first-order chi connectivity index (χ1) is 8.58. The zero-order valence-corrected chi connectivity index (χ0v) is 10.2. The third-order valence-electron chi connectivity index (χ3n) is 2.38. The molecule has 1 aliphatic rings. The molecule has 0 aromatic heterocycles. The van der Waals surface area contributed by atoms with E-state index in [9.17, 15) is 14.4 Å². The Balaban J connectivity index is 1.99. The number of amides is 3. The van der Waals surface area contributed by atoms with Gasteiger partial charge in [-0.1, -0.05) is 23.9 Å². The second kappa shape index (κ2) is 5.09. The van der Waals surface area contributed by atoms with E-state index in [-0.39, 0.29) is 18.2 Å². The maximum atomic E-state index is 11.7. The lowest BCUT2D eigenvalue weighted by Gasteiger charge is -2.13. The molecule has 0 bridgehead atoms. The van der Waals surface area contributed by atoms with E-state index in [1.807, 2.05) is 0 Å². The van der Waals surface area contributed by atoms with Gasteiger partial charge in [0.25, 0.3) is 5.24 Å². The molecule has 1 aliphatic heterocycles. The number of nitrogens with two attached hydrogens (primary N) is 1. The largest absolute Gasteiger partial charge is 0.397 e. The Kier molecular flexibility index (Phi) is 3.52. The number of nitrogens with zero attached hydrogens (tertiary/aromatic N) is 1. The lowest BCUT2D eigenvalue weighted by atomic mass is 10.2. The normalized spacial score (nSPS) is 15.0. The van der Waals surface area contributed by atoms with Crippen LogP contribution in [0.4, 0.5) is 16.2 Å². The summed E-state index contributed by atoms with van der Waals surface area (Å²) in [6, 6.07) is 6.77. The highest BCUT2D eigenvalue weighted by atomic mass is 32.2. The Labute approximate surface area is 108 Å². The molecule has 3 amide bonds. The summed E-state index contributed by atoms with van der Waals surface area (Å²) in [5.74, 6) is -0.696. The van der Waals surface area contributed by atoms with Gasteiger partial charge in [-0.05, 0) is 12.1 Å². The molecular formula is C11H11N3O3S. The van der Waals surface area contributed by atoms with Gasteiger partial charge >= 0.3 is 0 Å². The molecule has 0 aliphatic carbocycles.